The summed E-state index contributed by atoms with van der Waals surface area (Å²) in [5, 5.41) is -0.452. The molecule has 0 aromatic heterocycles. The molecule has 0 unspecified atom stereocenters. The number of benzene rings is 1. The van der Waals surface area contributed by atoms with Gasteiger partial charge >= 0.3 is 0 Å². The third-order valence-electron chi connectivity index (χ3n) is 3.24. The number of halogens is 1. The van der Waals surface area contributed by atoms with Crippen molar-refractivity contribution in [2.75, 3.05) is 6.61 Å². The Balaban J connectivity index is 2.10. The number of hydrogen-bond donors (Lipinski definition) is 0. The molecule has 0 bridgehead atoms. The van der Waals surface area contributed by atoms with Gasteiger partial charge in [0.2, 0.25) is 0 Å². The molecule has 0 N–H and O–H groups in total. The third-order valence-corrected chi connectivity index (χ3v) is 3.45. The van der Waals surface area contributed by atoms with Crippen LogP contribution in [-0.2, 0) is 0 Å². The molecule has 0 aliphatic heterocycles. The van der Waals surface area contributed by atoms with Crippen molar-refractivity contribution in [3.05, 3.63) is 42.0 Å². The number of carbonyl (C=O) groups excluding carboxylic acids is 1. The largest absolute Gasteiger partial charge is 0.494 e. The Kier molecular flexibility index (Phi) is 9.64. The number of unbranched alkanes of at least 4 members (excludes halogenated alkanes) is 5. The summed E-state index contributed by atoms with van der Waals surface area (Å²) in [4.78, 5) is 11.0. The first-order chi connectivity index (χ1) is 10.2. The highest BCUT2D eigenvalue weighted by atomic mass is 35.5. The van der Waals surface area contributed by atoms with Crippen LogP contribution in [0.3, 0.4) is 0 Å². The molecule has 0 spiro atoms. The molecule has 2 nitrogen and oxygen atoms in total. The van der Waals surface area contributed by atoms with Crippen LogP contribution < -0.4 is 4.74 Å². The maximum atomic E-state index is 11.0. The monoisotopic (exact) mass is 308 g/mol. The van der Waals surface area contributed by atoms with Crippen LogP contribution in [0.1, 0.15) is 62.2 Å². The van der Waals surface area contributed by atoms with Crippen LogP contribution in [0.15, 0.2) is 36.4 Å². The zero-order valence-electron chi connectivity index (χ0n) is 12.8. The van der Waals surface area contributed by atoms with Crippen molar-refractivity contribution in [3.8, 4) is 5.75 Å². The van der Waals surface area contributed by atoms with E-state index in [2.05, 4.69) is 19.1 Å². The summed E-state index contributed by atoms with van der Waals surface area (Å²) in [7, 11) is 0. The molecule has 0 atom stereocenters. The third kappa shape index (κ3) is 8.56. The lowest BCUT2D eigenvalue weighted by Crippen LogP contribution is -1.98. The van der Waals surface area contributed by atoms with E-state index in [0.717, 1.165) is 12.8 Å². The molecule has 0 fully saturated rings. The first-order valence-corrected chi connectivity index (χ1v) is 8.19. The van der Waals surface area contributed by atoms with Crippen molar-refractivity contribution < 1.29 is 9.53 Å². The maximum Gasteiger partial charge on any atom is 0.252 e. The van der Waals surface area contributed by atoms with Crippen LogP contribution in [0.2, 0.25) is 0 Å². The van der Waals surface area contributed by atoms with Gasteiger partial charge in [0.1, 0.15) is 5.75 Å². The second-order valence-electron chi connectivity index (χ2n) is 5.11. The quantitative estimate of drug-likeness (QED) is 0.295. The minimum Gasteiger partial charge on any atom is -0.494 e. The van der Waals surface area contributed by atoms with Gasteiger partial charge in [-0.25, -0.2) is 0 Å². The topological polar surface area (TPSA) is 26.3 Å². The summed E-state index contributed by atoms with van der Waals surface area (Å²) < 4.78 is 5.61. The first kappa shape index (κ1) is 17.8. The molecule has 3 heteroatoms. The first-order valence-electron chi connectivity index (χ1n) is 7.81. The summed E-state index contributed by atoms with van der Waals surface area (Å²) in [5.74, 6) is 0.699. The highest BCUT2D eigenvalue weighted by Crippen LogP contribution is 2.15. The Morgan fingerprint density at radius 1 is 1.14 bits per heavy atom. The van der Waals surface area contributed by atoms with Crippen LogP contribution in [-0.4, -0.2) is 11.8 Å². The van der Waals surface area contributed by atoms with Gasteiger partial charge in [-0.3, -0.25) is 4.79 Å². The van der Waals surface area contributed by atoms with E-state index in [1.165, 1.54) is 32.1 Å². The van der Waals surface area contributed by atoms with Gasteiger partial charge in [0, 0.05) is 5.56 Å². The highest BCUT2D eigenvalue weighted by molar-refractivity contribution is 6.67. The Morgan fingerprint density at radius 2 is 1.90 bits per heavy atom. The second kappa shape index (κ2) is 11.4. The maximum absolute atomic E-state index is 11.0. The van der Waals surface area contributed by atoms with E-state index in [4.69, 9.17) is 16.3 Å². The molecule has 21 heavy (non-hydrogen) atoms. The van der Waals surface area contributed by atoms with Crippen molar-refractivity contribution in [3.63, 3.8) is 0 Å². The Bertz CT molecular complexity index is 441. The normalized spacial score (nSPS) is 11.0. The van der Waals surface area contributed by atoms with Crippen molar-refractivity contribution >= 4 is 16.8 Å². The molecule has 0 aliphatic carbocycles. The van der Waals surface area contributed by atoms with E-state index in [1.54, 1.807) is 18.2 Å². The summed E-state index contributed by atoms with van der Waals surface area (Å²) >= 11 is 5.44. The number of ether oxygens (including phenoxy) is 1. The van der Waals surface area contributed by atoms with Crippen LogP contribution in [0.25, 0.3) is 0 Å². The second-order valence-corrected chi connectivity index (χ2v) is 5.46. The summed E-state index contributed by atoms with van der Waals surface area (Å²) in [6.07, 6.45) is 12.9. The lowest BCUT2D eigenvalue weighted by molar-refractivity contribution is 0.108. The van der Waals surface area contributed by atoms with Gasteiger partial charge in [-0.05, 0) is 55.5 Å². The predicted octanol–water partition coefficient (Wildman–Crippen LogP) is 5.75. The van der Waals surface area contributed by atoms with Crippen molar-refractivity contribution in [2.24, 2.45) is 0 Å². The van der Waals surface area contributed by atoms with Gasteiger partial charge in [-0.1, -0.05) is 44.4 Å². The fourth-order valence-corrected chi connectivity index (χ4v) is 2.14. The Labute approximate surface area is 133 Å². The molecule has 0 radical (unpaired) electrons. The van der Waals surface area contributed by atoms with Crippen LogP contribution in [0.4, 0.5) is 0 Å². The van der Waals surface area contributed by atoms with E-state index >= 15 is 0 Å². The Morgan fingerprint density at radius 3 is 2.62 bits per heavy atom. The number of rotatable bonds is 11. The number of allylic oxidation sites excluding steroid dienone is 2. The fraction of sp³-hybridized carbons (Fsp3) is 0.500. The van der Waals surface area contributed by atoms with Gasteiger partial charge in [-0.2, -0.15) is 0 Å². The van der Waals surface area contributed by atoms with E-state index < -0.39 is 5.24 Å². The van der Waals surface area contributed by atoms with E-state index in [9.17, 15) is 4.79 Å². The Hall–Kier alpha value is -1.28. The molecule has 0 amide bonds. The molecule has 1 rings (SSSR count). The standard InChI is InChI=1S/C18H25ClO2/c1-2-3-4-5-6-7-8-9-10-14-21-17-13-11-12-16(15-17)18(19)20/h7-8,11-13,15H,2-6,9-10,14H2,1H3. The van der Waals surface area contributed by atoms with Gasteiger partial charge in [0.05, 0.1) is 6.61 Å². The molecule has 1 aromatic carbocycles. The summed E-state index contributed by atoms with van der Waals surface area (Å²) in [6.45, 7) is 2.88. The molecule has 0 saturated carbocycles. The molecule has 0 aliphatic rings. The lowest BCUT2D eigenvalue weighted by atomic mass is 10.1. The van der Waals surface area contributed by atoms with Crippen LogP contribution in [0, 0.1) is 0 Å². The molecule has 0 heterocycles. The fourth-order valence-electron chi connectivity index (χ4n) is 2.02. The zero-order valence-corrected chi connectivity index (χ0v) is 13.6. The lowest BCUT2D eigenvalue weighted by Gasteiger charge is -2.05. The van der Waals surface area contributed by atoms with E-state index in [1.807, 2.05) is 6.07 Å². The van der Waals surface area contributed by atoms with Gasteiger partial charge in [-0.15, -0.1) is 0 Å². The summed E-state index contributed by atoms with van der Waals surface area (Å²) in [6, 6.07) is 6.98. The average molecular weight is 309 g/mol. The number of carbonyl (C=O) groups is 1. The van der Waals surface area contributed by atoms with Crippen LogP contribution in [0.5, 0.6) is 5.75 Å². The molecular formula is C18H25ClO2. The van der Waals surface area contributed by atoms with E-state index in [-0.39, 0.29) is 0 Å². The van der Waals surface area contributed by atoms with Crippen molar-refractivity contribution in [2.45, 2.75) is 51.9 Å². The van der Waals surface area contributed by atoms with Gasteiger partial charge in [0.15, 0.2) is 0 Å². The minimum atomic E-state index is -0.452. The average Bonchev–Trinajstić information content (AvgIpc) is 2.49. The minimum absolute atomic E-state index is 0.452. The van der Waals surface area contributed by atoms with E-state index in [0.29, 0.717) is 17.9 Å². The smallest absolute Gasteiger partial charge is 0.252 e. The van der Waals surface area contributed by atoms with Crippen molar-refractivity contribution in [1.29, 1.82) is 0 Å². The van der Waals surface area contributed by atoms with Crippen LogP contribution >= 0.6 is 11.6 Å². The van der Waals surface area contributed by atoms with Crippen molar-refractivity contribution in [1.82, 2.24) is 0 Å². The van der Waals surface area contributed by atoms with Gasteiger partial charge < -0.3 is 4.74 Å². The highest BCUT2D eigenvalue weighted by Gasteiger charge is 2.02. The zero-order chi connectivity index (χ0) is 15.3. The van der Waals surface area contributed by atoms with Gasteiger partial charge in [0.25, 0.3) is 5.24 Å². The number of hydrogen-bond acceptors (Lipinski definition) is 2. The summed E-state index contributed by atoms with van der Waals surface area (Å²) in [5.41, 5.74) is 0.473. The molecule has 1 aromatic rings. The molecule has 0 saturated heterocycles. The molecular weight excluding hydrogens is 284 g/mol. The molecule has 116 valence electrons. The predicted molar refractivity (Wildman–Crippen MR) is 89.3 cm³/mol. The SMILES string of the molecule is CCCCCCC=CCCCOc1cccc(C(=O)Cl)c1.